The van der Waals surface area contributed by atoms with Crippen molar-refractivity contribution < 1.29 is 14.4 Å². The zero-order chi connectivity index (χ0) is 37.1. The summed E-state index contributed by atoms with van der Waals surface area (Å²) in [4.78, 5) is 43.8. The third kappa shape index (κ3) is 8.01. The fraction of sp³-hybridized carbons (Fsp3) is 0.385. The average Bonchev–Trinajstić information content (AvgIpc) is 3.80. The third-order valence-electron chi connectivity index (χ3n) is 9.98. The Balaban J connectivity index is 0.894. The van der Waals surface area contributed by atoms with Gasteiger partial charge in [0.25, 0.3) is 5.91 Å². The summed E-state index contributed by atoms with van der Waals surface area (Å²) in [5.74, 6) is 0.799. The van der Waals surface area contributed by atoms with Gasteiger partial charge in [-0.15, -0.1) is 26.6 Å². The molecule has 14 heteroatoms. The number of unbranched alkanes of at least 4 members (excludes halogenated alkanes) is 3. The van der Waals surface area contributed by atoms with Gasteiger partial charge in [-0.25, -0.2) is 4.68 Å². The minimum Gasteiger partial charge on any atom is -0.356 e. The van der Waals surface area contributed by atoms with E-state index in [1.54, 1.807) is 22.2 Å². The zero-order valence-corrected chi connectivity index (χ0v) is 31.6. The first-order valence-electron chi connectivity index (χ1n) is 18.1. The summed E-state index contributed by atoms with van der Waals surface area (Å²) >= 11 is 7.92. The van der Waals surface area contributed by atoms with Gasteiger partial charge < -0.3 is 5.32 Å². The number of hydrogen-bond donors (Lipinski definition) is 2. The number of halogens is 1. The maximum atomic E-state index is 13.3. The Bertz CT molecular complexity index is 2170. The highest BCUT2D eigenvalue weighted by Crippen LogP contribution is 2.39. The summed E-state index contributed by atoms with van der Waals surface area (Å²) in [6.45, 7) is 6.77. The van der Waals surface area contributed by atoms with Crippen molar-refractivity contribution in [1.82, 2.24) is 40.4 Å². The molecule has 12 nitrogen and oxygen atoms in total. The second-order valence-electron chi connectivity index (χ2n) is 13.7. The minimum atomic E-state index is -0.531. The second kappa shape index (κ2) is 15.9. The van der Waals surface area contributed by atoms with Crippen LogP contribution >= 0.6 is 22.9 Å². The number of rotatable bonds is 12. The number of carbonyl (C=O) groups excluding carboxylic acids is 3. The molecule has 1 unspecified atom stereocenters. The molecule has 0 saturated carbocycles. The molecule has 0 spiro atoms. The normalized spacial score (nSPS) is 17.0. The van der Waals surface area contributed by atoms with Crippen LogP contribution in [0.3, 0.4) is 0 Å². The summed E-state index contributed by atoms with van der Waals surface area (Å²) in [5.41, 5.74) is 6.83. The second-order valence-corrected chi connectivity index (χ2v) is 15.4. The molecule has 2 atom stereocenters. The van der Waals surface area contributed by atoms with Gasteiger partial charge in [-0.1, -0.05) is 66.1 Å². The number of hydrogen-bond acceptors (Lipinski definition) is 9. The van der Waals surface area contributed by atoms with Crippen LogP contribution in [-0.2, 0) is 20.8 Å². The van der Waals surface area contributed by atoms with Gasteiger partial charge in [0.05, 0.1) is 18.3 Å². The molecule has 274 valence electrons. The van der Waals surface area contributed by atoms with Crippen molar-refractivity contribution in [2.45, 2.75) is 90.6 Å². The molecule has 2 N–H and O–H groups in total. The molecule has 3 amide bonds. The lowest BCUT2D eigenvalue weighted by molar-refractivity contribution is -0.131. The Morgan fingerprint density at radius 3 is 2.51 bits per heavy atom. The van der Waals surface area contributed by atoms with Crippen molar-refractivity contribution in [1.29, 1.82) is 0 Å². The monoisotopic (exact) mass is 751 g/mol. The lowest BCUT2D eigenvalue weighted by Crippen LogP contribution is -2.34. The first kappa shape index (κ1) is 36.4. The zero-order valence-electron chi connectivity index (χ0n) is 30.1. The van der Waals surface area contributed by atoms with E-state index in [1.807, 2.05) is 43.3 Å². The fourth-order valence-corrected chi connectivity index (χ4v) is 8.28. The lowest BCUT2D eigenvalue weighted by Gasteiger charge is -2.13. The van der Waals surface area contributed by atoms with Crippen LogP contribution in [0.2, 0.25) is 5.02 Å². The van der Waals surface area contributed by atoms with Gasteiger partial charge in [-0.2, -0.15) is 0 Å². The highest BCUT2D eigenvalue weighted by molar-refractivity contribution is 7.15. The number of amides is 3. The average molecular weight is 752 g/mol. The van der Waals surface area contributed by atoms with Crippen molar-refractivity contribution in [2.24, 2.45) is 4.99 Å². The van der Waals surface area contributed by atoms with Crippen molar-refractivity contribution in [3.05, 3.63) is 98.5 Å². The van der Waals surface area contributed by atoms with E-state index < -0.39 is 12.1 Å². The fourth-order valence-electron chi connectivity index (χ4n) is 6.94. The summed E-state index contributed by atoms with van der Waals surface area (Å²) in [7, 11) is 0. The first-order chi connectivity index (χ1) is 25.7. The standard InChI is InChI=1S/C39H42ClN9O3S/c1-23-24(2)53-39-35(23)36(28-16-18-29(40)19-17-28)42-30(37-46-44-25(3)49(37)39)21-34(51)41-20-7-5-4-6-9-26-12-14-27(15-13-26)31-22-48(47-45-31)32-10-8-11-33(50)43-38(32)52/h12-19,22,30,32H,4-11,20-21H2,1-3H3,(H,41,51)(H,43,50,52)/t30-,32?/m0/s1. The number of nitrogens with one attached hydrogen (secondary N) is 2. The molecule has 3 aromatic heterocycles. The molecule has 5 heterocycles. The number of nitrogens with zero attached hydrogens (tertiary/aromatic N) is 7. The quantitative estimate of drug-likeness (QED) is 0.106. The molecule has 0 bridgehead atoms. The molecule has 2 aliphatic heterocycles. The van der Waals surface area contributed by atoms with E-state index in [1.165, 1.54) is 10.4 Å². The number of aliphatic imine (C=N–C) groups is 1. The van der Waals surface area contributed by atoms with E-state index in [0.29, 0.717) is 42.3 Å². The molecule has 5 aromatic rings. The van der Waals surface area contributed by atoms with E-state index >= 15 is 0 Å². The molecule has 1 saturated heterocycles. The van der Waals surface area contributed by atoms with E-state index in [4.69, 9.17) is 16.6 Å². The van der Waals surface area contributed by atoms with E-state index in [2.05, 4.69) is 61.7 Å². The Morgan fingerprint density at radius 1 is 0.962 bits per heavy atom. The number of fused-ring (bicyclic) bond motifs is 3. The van der Waals surface area contributed by atoms with Gasteiger partial charge in [0, 0.05) is 39.6 Å². The van der Waals surface area contributed by atoms with Crippen LogP contribution in [0.1, 0.15) is 102 Å². The minimum absolute atomic E-state index is 0.0627. The van der Waals surface area contributed by atoms with Crippen LogP contribution < -0.4 is 10.6 Å². The van der Waals surface area contributed by atoms with Crippen molar-refractivity contribution >= 4 is 46.4 Å². The number of aromatic nitrogens is 6. The predicted octanol–water partition coefficient (Wildman–Crippen LogP) is 6.74. The molecular weight excluding hydrogens is 710 g/mol. The van der Waals surface area contributed by atoms with Crippen molar-refractivity contribution in [2.75, 3.05) is 6.54 Å². The van der Waals surface area contributed by atoms with Gasteiger partial charge in [-0.3, -0.25) is 29.3 Å². The predicted molar refractivity (Wildman–Crippen MR) is 205 cm³/mol. The van der Waals surface area contributed by atoms with E-state index in [0.717, 1.165) is 70.9 Å². The van der Waals surface area contributed by atoms with Gasteiger partial charge in [0.1, 0.15) is 28.6 Å². The largest absolute Gasteiger partial charge is 0.356 e. The molecule has 53 heavy (non-hydrogen) atoms. The van der Waals surface area contributed by atoms with Crippen LogP contribution in [0, 0.1) is 20.8 Å². The van der Waals surface area contributed by atoms with Crippen LogP contribution in [0.5, 0.6) is 0 Å². The number of imide groups is 1. The molecule has 1 fully saturated rings. The van der Waals surface area contributed by atoms with E-state index in [9.17, 15) is 14.4 Å². The summed E-state index contributed by atoms with van der Waals surface area (Å²) in [5, 5.41) is 24.6. The maximum Gasteiger partial charge on any atom is 0.251 e. The van der Waals surface area contributed by atoms with Gasteiger partial charge in [0.2, 0.25) is 11.8 Å². The molecule has 2 aromatic carbocycles. The lowest BCUT2D eigenvalue weighted by atomic mass is 9.99. The topological polar surface area (TPSA) is 149 Å². The summed E-state index contributed by atoms with van der Waals surface area (Å²) in [6.07, 6.45) is 8.42. The molecular formula is C39H42ClN9O3S. The highest BCUT2D eigenvalue weighted by atomic mass is 35.5. The molecule has 7 rings (SSSR count). The number of carbonyl (C=O) groups is 3. The van der Waals surface area contributed by atoms with Crippen LogP contribution in [0.25, 0.3) is 16.3 Å². The number of benzene rings is 2. The van der Waals surface area contributed by atoms with Gasteiger partial charge in [0.15, 0.2) is 5.82 Å². The Labute approximate surface area is 317 Å². The summed E-state index contributed by atoms with van der Waals surface area (Å²) < 4.78 is 3.62. The van der Waals surface area contributed by atoms with Crippen molar-refractivity contribution in [3.63, 3.8) is 0 Å². The van der Waals surface area contributed by atoms with Crippen molar-refractivity contribution in [3.8, 4) is 16.3 Å². The Kier molecular flexibility index (Phi) is 10.9. The Hall–Kier alpha value is -5.01. The van der Waals surface area contributed by atoms with Crippen LogP contribution in [-0.4, -0.2) is 59.7 Å². The van der Waals surface area contributed by atoms with Gasteiger partial charge >= 0.3 is 0 Å². The van der Waals surface area contributed by atoms with Gasteiger partial charge in [-0.05, 0) is 76.1 Å². The molecule has 2 aliphatic rings. The molecule has 0 aliphatic carbocycles. The van der Waals surface area contributed by atoms with E-state index in [-0.39, 0.29) is 24.1 Å². The SMILES string of the molecule is Cc1sc2c(c1C)C(c1ccc(Cl)cc1)=N[C@@H](CC(=O)NCCCCCCc1ccc(-c3cn(C4CCCC(=O)NC4=O)nn3)cc1)c1nnc(C)n1-2. The molecule has 0 radical (unpaired) electrons. The number of thiophene rings is 1. The number of aryl methyl sites for hydroxylation is 3. The Morgan fingerprint density at radius 2 is 1.72 bits per heavy atom. The van der Waals surface area contributed by atoms with Crippen LogP contribution in [0.15, 0.2) is 59.7 Å². The highest BCUT2D eigenvalue weighted by Gasteiger charge is 2.32. The smallest absolute Gasteiger partial charge is 0.251 e. The first-order valence-corrected chi connectivity index (χ1v) is 19.3. The van der Waals surface area contributed by atoms with Crippen LogP contribution in [0.4, 0.5) is 0 Å². The maximum absolute atomic E-state index is 13.3. The summed E-state index contributed by atoms with van der Waals surface area (Å²) in [6, 6.07) is 14.9. The third-order valence-corrected chi connectivity index (χ3v) is 11.4.